The van der Waals surface area contributed by atoms with Gasteiger partial charge in [-0.1, -0.05) is 530 Å². The van der Waals surface area contributed by atoms with Crippen molar-refractivity contribution in [1.82, 2.24) is 0 Å². The molecule has 4 unspecified atom stereocenters. The molecule has 0 bridgehead atoms. The van der Waals surface area contributed by atoms with Crippen molar-refractivity contribution in [3.8, 4) is 34.5 Å². The lowest BCUT2D eigenvalue weighted by Crippen LogP contribution is -2.19. The monoisotopic (exact) mass is 1970 g/mol. The summed E-state index contributed by atoms with van der Waals surface area (Å²) in [6.45, 7) is 46.2. The van der Waals surface area contributed by atoms with Crippen LogP contribution in [0.5, 0.6) is 34.5 Å². The first kappa shape index (κ1) is 123. The van der Waals surface area contributed by atoms with Crippen molar-refractivity contribution in [2.24, 2.45) is 0 Å². The Morgan fingerprint density at radius 2 is 0.410 bits per heavy atom. The van der Waals surface area contributed by atoms with Gasteiger partial charge < -0.3 is 27.1 Å². The van der Waals surface area contributed by atoms with E-state index in [0.29, 0.717) is 19.8 Å². The van der Waals surface area contributed by atoms with Crippen LogP contribution in [0.4, 0.5) is 0 Å². The molecule has 0 N–H and O–H groups in total. The zero-order chi connectivity index (χ0) is 100. The van der Waals surface area contributed by atoms with Crippen LogP contribution in [0.3, 0.4) is 0 Å². The average molecular weight is 1970 g/mol. The molecule has 0 radical (unpaired) electrons. The van der Waals surface area contributed by atoms with Gasteiger partial charge in [-0.2, -0.15) is 0 Å². The third-order valence-corrected chi connectivity index (χ3v) is 32.1. The van der Waals surface area contributed by atoms with E-state index in [2.05, 4.69) is 241 Å². The zero-order valence-corrected chi connectivity index (χ0v) is 96.1. The van der Waals surface area contributed by atoms with Crippen LogP contribution in [-0.4, -0.2) is 19.8 Å². The second-order valence-corrected chi connectivity index (χ2v) is 48.1. The Hall–Kier alpha value is -4.71. The van der Waals surface area contributed by atoms with Crippen molar-refractivity contribution in [3.05, 3.63) is 176 Å². The van der Waals surface area contributed by atoms with E-state index in [1.54, 1.807) is 0 Å². The molecule has 139 heavy (non-hydrogen) atoms. The minimum Gasteiger partial charge on any atom is -0.417 e. The van der Waals surface area contributed by atoms with Gasteiger partial charge in [-0.3, -0.25) is 13.6 Å². The maximum absolute atomic E-state index is 7.50. The van der Waals surface area contributed by atoms with E-state index in [1.807, 2.05) is 0 Å². The summed E-state index contributed by atoms with van der Waals surface area (Å²) in [6, 6.07) is 40.6. The van der Waals surface area contributed by atoms with Gasteiger partial charge >= 0.3 is 25.8 Å². The van der Waals surface area contributed by atoms with Gasteiger partial charge in [0.15, 0.2) is 0 Å². The third kappa shape index (κ3) is 52.5. The molecule has 0 aliphatic heterocycles. The first-order chi connectivity index (χ1) is 67.4. The SMILES string of the molecule is CCCCCCCCCCCCCCCOP(Oc1ccccc1CCCCCCCCC)Oc1cc(C)c(C(C)CC(c2cc(C(C)(C)C)c(OP(OCCCCCCCCCCCCCCC)Oc3ccccc3CCCCCCCCC)cc2C)c2cc(C(C)(C)C)c(OP(OCCCCCCCCCCCCCCC)Oc3ccccc3CCCCCCCCC)cc2C)cc1C(C)(C)C. The summed E-state index contributed by atoms with van der Waals surface area (Å²) in [5, 5.41) is 0. The van der Waals surface area contributed by atoms with Gasteiger partial charge in [0.05, 0.1) is 19.8 Å². The second kappa shape index (κ2) is 75.1. The van der Waals surface area contributed by atoms with Crippen LogP contribution in [0.2, 0.25) is 0 Å². The predicted molar refractivity (Wildman–Crippen MR) is 608 cm³/mol. The summed E-state index contributed by atoms with van der Waals surface area (Å²) < 4.78 is 65.0. The highest BCUT2D eigenvalue weighted by Crippen LogP contribution is 2.54. The van der Waals surface area contributed by atoms with E-state index in [9.17, 15) is 0 Å². The highest BCUT2D eigenvalue weighted by atomic mass is 31.2. The van der Waals surface area contributed by atoms with Gasteiger partial charge in [0, 0.05) is 22.6 Å². The van der Waals surface area contributed by atoms with Crippen LogP contribution in [0, 0.1) is 20.8 Å². The number of rotatable bonds is 86. The molecule has 0 spiro atoms. The van der Waals surface area contributed by atoms with E-state index in [0.717, 1.165) is 135 Å². The Kier molecular flexibility index (Phi) is 66.4. The van der Waals surface area contributed by atoms with Crippen molar-refractivity contribution >= 4 is 25.8 Å². The molecule has 0 aromatic heterocycles. The van der Waals surface area contributed by atoms with Crippen molar-refractivity contribution in [2.45, 2.75) is 571 Å². The summed E-state index contributed by atoms with van der Waals surface area (Å²) in [5.41, 5.74) is 13.5. The Morgan fingerprint density at radius 1 is 0.223 bits per heavy atom. The minimum absolute atomic E-state index is 0.0757. The zero-order valence-electron chi connectivity index (χ0n) is 93.4. The van der Waals surface area contributed by atoms with Crippen LogP contribution in [0.25, 0.3) is 0 Å². The van der Waals surface area contributed by atoms with Crippen molar-refractivity contribution in [2.75, 3.05) is 19.8 Å². The molecular weight excluding hydrogens is 1760 g/mol. The predicted octanol–water partition coefficient (Wildman–Crippen LogP) is 44.1. The second-order valence-electron chi connectivity index (χ2n) is 44.9. The smallest absolute Gasteiger partial charge is 0.417 e. The highest BCUT2D eigenvalue weighted by molar-refractivity contribution is 7.43. The topological polar surface area (TPSA) is 83.1 Å². The molecular formula is C127H211O9P3. The van der Waals surface area contributed by atoms with Crippen LogP contribution in [-0.2, 0) is 49.1 Å². The fraction of sp³-hybridized carbons (Fsp3) is 0.717. The van der Waals surface area contributed by atoms with E-state index in [4.69, 9.17) is 40.7 Å². The van der Waals surface area contributed by atoms with Gasteiger partial charge in [-0.15, -0.1) is 0 Å². The fourth-order valence-corrected chi connectivity index (χ4v) is 23.2. The molecule has 0 saturated carbocycles. The summed E-state index contributed by atoms with van der Waals surface area (Å²) in [5.74, 6) is 5.09. The molecule has 0 fully saturated rings. The van der Waals surface area contributed by atoms with Crippen LogP contribution in [0.15, 0.2) is 109 Å². The molecule has 788 valence electrons. The van der Waals surface area contributed by atoms with Gasteiger partial charge in [-0.25, -0.2) is 0 Å². The van der Waals surface area contributed by atoms with Crippen molar-refractivity contribution < 1.29 is 40.7 Å². The fourth-order valence-electron chi connectivity index (χ4n) is 20.0. The normalized spacial score (nSPS) is 13.1. The molecule has 6 rings (SSSR count). The molecule has 9 nitrogen and oxygen atoms in total. The molecule has 0 saturated heterocycles. The number of unbranched alkanes of at least 4 members (excludes halogenated alkanes) is 54. The summed E-state index contributed by atoms with van der Waals surface area (Å²) in [4.78, 5) is 0. The van der Waals surface area contributed by atoms with Gasteiger partial charge in [-0.05, 0) is 194 Å². The summed E-state index contributed by atoms with van der Waals surface area (Å²) >= 11 is 0. The van der Waals surface area contributed by atoms with Gasteiger partial charge in [0.1, 0.15) is 34.5 Å². The number of hydrogen-bond acceptors (Lipinski definition) is 9. The maximum atomic E-state index is 7.50. The highest BCUT2D eigenvalue weighted by Gasteiger charge is 2.35. The lowest BCUT2D eigenvalue weighted by Gasteiger charge is -2.33. The molecule has 0 heterocycles. The minimum atomic E-state index is -1.87. The van der Waals surface area contributed by atoms with Crippen molar-refractivity contribution in [1.29, 1.82) is 0 Å². The molecule has 6 aromatic rings. The van der Waals surface area contributed by atoms with E-state index < -0.39 is 25.8 Å². The molecule has 0 amide bonds. The largest absolute Gasteiger partial charge is 0.463 e. The van der Waals surface area contributed by atoms with Crippen molar-refractivity contribution in [3.63, 3.8) is 0 Å². The van der Waals surface area contributed by atoms with E-state index in [-0.39, 0.29) is 28.1 Å². The first-order valence-electron chi connectivity index (χ1n) is 58.5. The Morgan fingerprint density at radius 3 is 0.633 bits per heavy atom. The summed E-state index contributed by atoms with van der Waals surface area (Å²) in [7, 11) is -5.58. The number of hydrogen-bond donors (Lipinski definition) is 0. The Bertz CT molecular complexity index is 3890. The van der Waals surface area contributed by atoms with Crippen LogP contribution >= 0.6 is 25.8 Å². The van der Waals surface area contributed by atoms with E-state index >= 15 is 0 Å². The van der Waals surface area contributed by atoms with Crippen LogP contribution in [0.1, 0.15) is 581 Å². The third-order valence-electron chi connectivity index (χ3n) is 28.8. The average Bonchev–Trinajstić information content (AvgIpc) is 0.756. The van der Waals surface area contributed by atoms with Crippen LogP contribution < -0.4 is 27.1 Å². The quantitative estimate of drug-likeness (QED) is 0.0274. The molecule has 0 aliphatic carbocycles. The Balaban J connectivity index is 1.46. The Labute approximate surface area is 861 Å². The number of para-hydroxylation sites is 3. The lowest BCUT2D eigenvalue weighted by molar-refractivity contribution is 0.255. The molecule has 0 aliphatic rings. The molecule has 6 aromatic carbocycles. The molecule has 12 heteroatoms. The standard InChI is InChI=1S/C127H211O9P3/c1-20-26-32-38-44-47-50-53-56-59-65-71-83-95-128-137(131-119-92-80-77-89-109(119)86-74-68-62-41-35-29-23-4)134-122-99-106(8)112(102-116(122)125(11,12)13)105(7)98-115(113-103-117(126(14,15)16)123(100-107(113)9)135-138(129-96-84-72-66-60-57-54-51-48-45-39-33-27-21-2)132-120-93-81-78-90-110(120)87-75-69-63-42-36-30-24-5)114-104-118(127(17,18)19)124(101-108(114)10)136-139(130-97-85-73-67-61-58-55-52-49-46-40-34-28-22-3)133-121-94-82-79-91-111(121)88-76-70-64-43-37-31-25-6/h77-82,89-94,99-105,115H,20-76,83-88,95-98H2,1-19H3. The van der Waals surface area contributed by atoms with E-state index in [1.165, 1.54) is 378 Å². The van der Waals surface area contributed by atoms with Gasteiger partial charge in [0.2, 0.25) is 0 Å². The maximum Gasteiger partial charge on any atom is 0.463 e. The lowest BCUT2D eigenvalue weighted by atomic mass is 9.74. The number of aryl methyl sites for hydroxylation is 6. The summed E-state index contributed by atoms with van der Waals surface area (Å²) in [6.07, 6.45) is 80.8. The van der Waals surface area contributed by atoms with Gasteiger partial charge in [0.25, 0.3) is 0 Å². The first-order valence-corrected chi connectivity index (χ1v) is 61.8. The number of benzene rings is 6. The molecule has 4 atom stereocenters.